The maximum Gasteiger partial charge on any atom is 0.573 e. The lowest BCUT2D eigenvalue weighted by atomic mass is 10.00. The predicted molar refractivity (Wildman–Crippen MR) is 131 cm³/mol. The van der Waals surface area contributed by atoms with Crippen molar-refractivity contribution in [2.24, 2.45) is 0 Å². The van der Waals surface area contributed by atoms with Gasteiger partial charge in [-0.25, -0.2) is 8.78 Å². The number of likely N-dealkylation sites (tertiary alicyclic amines) is 1. The van der Waals surface area contributed by atoms with E-state index < -0.39 is 49.7 Å². The van der Waals surface area contributed by atoms with Gasteiger partial charge in [-0.2, -0.15) is 5.26 Å². The Labute approximate surface area is 219 Å². The molecule has 1 atom stereocenters. The SMILES string of the molecule is C/C(=C\c1ccc(OC(F)(F)F)cc1)c1ccc2nccc(C(=O)NCC(=O)N3CC(F)(F)C[C@H]3C#N)c2c1. The number of carbonyl (C=O) groups excluding carboxylic acids is 2. The number of hydrogen-bond donors (Lipinski definition) is 1. The van der Waals surface area contributed by atoms with E-state index in [1.165, 1.54) is 36.5 Å². The number of carbonyl (C=O) groups is 2. The molecule has 1 N–H and O–H groups in total. The maximum absolute atomic E-state index is 13.7. The third kappa shape index (κ3) is 6.67. The molecule has 0 unspecified atom stereocenters. The fraction of sp³-hybridized carbons (Fsp3) is 0.259. The van der Waals surface area contributed by atoms with Crippen LogP contribution in [0.5, 0.6) is 5.75 Å². The summed E-state index contributed by atoms with van der Waals surface area (Å²) < 4.78 is 68.3. The molecule has 0 saturated carbocycles. The van der Waals surface area contributed by atoms with Crippen LogP contribution in [0.2, 0.25) is 0 Å². The first-order chi connectivity index (χ1) is 18.3. The Bertz CT molecular complexity index is 1480. The number of hydrogen-bond acceptors (Lipinski definition) is 5. The molecule has 39 heavy (non-hydrogen) atoms. The molecule has 202 valence electrons. The van der Waals surface area contributed by atoms with Crippen molar-refractivity contribution in [3.05, 3.63) is 71.4 Å². The largest absolute Gasteiger partial charge is 0.573 e. The van der Waals surface area contributed by atoms with Gasteiger partial charge in [0.2, 0.25) is 5.91 Å². The van der Waals surface area contributed by atoms with Crippen molar-refractivity contribution in [3.8, 4) is 11.8 Å². The number of aromatic nitrogens is 1. The monoisotopic (exact) mass is 544 g/mol. The Morgan fingerprint density at radius 2 is 1.92 bits per heavy atom. The van der Waals surface area contributed by atoms with Crippen molar-refractivity contribution >= 4 is 34.4 Å². The molecule has 12 heteroatoms. The first-order valence-corrected chi connectivity index (χ1v) is 11.6. The highest BCUT2D eigenvalue weighted by molar-refractivity contribution is 6.07. The number of nitrogens with zero attached hydrogens (tertiary/aromatic N) is 3. The van der Waals surface area contributed by atoms with Gasteiger partial charge < -0.3 is 15.0 Å². The van der Waals surface area contributed by atoms with Crippen LogP contribution in [0.25, 0.3) is 22.6 Å². The summed E-state index contributed by atoms with van der Waals surface area (Å²) in [5.74, 6) is -4.93. The lowest BCUT2D eigenvalue weighted by Crippen LogP contribution is -2.43. The van der Waals surface area contributed by atoms with Crippen LogP contribution >= 0.6 is 0 Å². The summed E-state index contributed by atoms with van der Waals surface area (Å²) in [6, 6.07) is 12.4. The molecule has 1 aliphatic heterocycles. The van der Waals surface area contributed by atoms with Crippen LogP contribution < -0.4 is 10.1 Å². The first-order valence-electron chi connectivity index (χ1n) is 11.6. The predicted octanol–water partition coefficient (Wildman–Crippen LogP) is 5.18. The molecule has 0 bridgehead atoms. The van der Waals surface area contributed by atoms with Crippen LogP contribution in [0, 0.1) is 11.3 Å². The average Bonchev–Trinajstić information content (AvgIpc) is 3.21. The summed E-state index contributed by atoms with van der Waals surface area (Å²) >= 11 is 0. The topological polar surface area (TPSA) is 95.3 Å². The molecule has 2 aromatic carbocycles. The molecule has 0 spiro atoms. The Morgan fingerprint density at radius 3 is 2.59 bits per heavy atom. The molecule has 2 amide bonds. The van der Waals surface area contributed by atoms with E-state index in [2.05, 4.69) is 15.0 Å². The van der Waals surface area contributed by atoms with Crippen molar-refractivity contribution in [2.75, 3.05) is 13.1 Å². The number of fused-ring (bicyclic) bond motifs is 1. The maximum atomic E-state index is 13.7. The molecule has 7 nitrogen and oxygen atoms in total. The van der Waals surface area contributed by atoms with Gasteiger partial charge in [-0.3, -0.25) is 14.6 Å². The van der Waals surface area contributed by atoms with Crippen LogP contribution in [0.4, 0.5) is 22.0 Å². The molecule has 3 aromatic rings. The van der Waals surface area contributed by atoms with Crippen LogP contribution in [-0.4, -0.2) is 53.1 Å². The number of amides is 2. The standard InChI is InChI=1S/C27H21F5N4O3/c1-16(10-17-2-5-20(6-3-17)39-27(30,31)32)18-4-7-23-22(11-18)21(8-9-34-23)25(38)35-14-24(37)36-15-26(28,29)12-19(36)13-33/h2-11,19H,12,14-15H2,1H3,(H,35,38)/b16-10+/t19-/m0/s1. The summed E-state index contributed by atoms with van der Waals surface area (Å²) in [6.07, 6.45) is -2.38. The van der Waals surface area contributed by atoms with Gasteiger partial charge in [0.25, 0.3) is 11.8 Å². The van der Waals surface area contributed by atoms with Gasteiger partial charge in [0, 0.05) is 18.0 Å². The number of halogens is 5. The third-order valence-corrected chi connectivity index (χ3v) is 6.08. The van der Waals surface area contributed by atoms with Gasteiger partial charge in [-0.1, -0.05) is 24.3 Å². The Hall–Kier alpha value is -4.53. The second-order valence-electron chi connectivity index (χ2n) is 8.94. The van der Waals surface area contributed by atoms with Crippen LogP contribution in [0.15, 0.2) is 54.7 Å². The molecule has 1 fully saturated rings. The zero-order valence-electron chi connectivity index (χ0n) is 20.4. The highest BCUT2D eigenvalue weighted by atomic mass is 19.4. The van der Waals surface area contributed by atoms with E-state index >= 15 is 0 Å². The van der Waals surface area contributed by atoms with Crippen molar-refractivity contribution in [2.45, 2.75) is 31.7 Å². The molecule has 2 heterocycles. The molecule has 0 radical (unpaired) electrons. The molecule has 1 aliphatic rings. The summed E-state index contributed by atoms with van der Waals surface area (Å²) in [6.45, 7) is 0.336. The Morgan fingerprint density at radius 1 is 1.21 bits per heavy atom. The highest BCUT2D eigenvalue weighted by Gasteiger charge is 2.47. The fourth-order valence-electron chi connectivity index (χ4n) is 4.24. The second-order valence-corrected chi connectivity index (χ2v) is 8.94. The first kappa shape index (κ1) is 27.5. The molecule has 1 saturated heterocycles. The molecule has 0 aliphatic carbocycles. The number of nitrogens with one attached hydrogen (secondary N) is 1. The summed E-state index contributed by atoms with van der Waals surface area (Å²) in [5.41, 5.74) is 2.74. The van der Waals surface area contributed by atoms with E-state index in [0.717, 1.165) is 10.5 Å². The van der Waals surface area contributed by atoms with Gasteiger partial charge in [0.15, 0.2) is 0 Å². The van der Waals surface area contributed by atoms with Crippen LogP contribution in [0.3, 0.4) is 0 Å². The minimum atomic E-state index is -4.79. The van der Waals surface area contributed by atoms with E-state index in [-0.39, 0.29) is 11.3 Å². The second kappa shape index (κ2) is 10.7. The van der Waals surface area contributed by atoms with Crippen LogP contribution in [0.1, 0.15) is 34.8 Å². The minimum Gasteiger partial charge on any atom is -0.406 e. The molecule has 4 rings (SSSR count). The summed E-state index contributed by atoms with van der Waals surface area (Å²) in [4.78, 5) is 30.4. The normalized spacial score (nSPS) is 17.1. The van der Waals surface area contributed by atoms with Crippen LogP contribution in [-0.2, 0) is 4.79 Å². The van der Waals surface area contributed by atoms with Crippen molar-refractivity contribution < 1.29 is 36.3 Å². The lowest BCUT2D eigenvalue weighted by molar-refractivity contribution is -0.274. The summed E-state index contributed by atoms with van der Waals surface area (Å²) in [5, 5.41) is 12.0. The van der Waals surface area contributed by atoms with Gasteiger partial charge in [-0.15, -0.1) is 13.2 Å². The molecule has 1 aromatic heterocycles. The van der Waals surface area contributed by atoms with E-state index in [1.54, 1.807) is 37.3 Å². The lowest BCUT2D eigenvalue weighted by Gasteiger charge is -2.19. The number of pyridine rings is 1. The van der Waals surface area contributed by atoms with Gasteiger partial charge in [-0.05, 0) is 54.0 Å². The minimum absolute atomic E-state index is 0.194. The summed E-state index contributed by atoms with van der Waals surface area (Å²) in [7, 11) is 0. The quantitative estimate of drug-likeness (QED) is 0.341. The number of alkyl halides is 5. The van der Waals surface area contributed by atoms with Crippen molar-refractivity contribution in [1.29, 1.82) is 5.26 Å². The third-order valence-electron chi connectivity index (χ3n) is 6.08. The van der Waals surface area contributed by atoms with E-state index in [4.69, 9.17) is 5.26 Å². The number of rotatable bonds is 6. The zero-order valence-corrected chi connectivity index (χ0v) is 20.4. The van der Waals surface area contributed by atoms with E-state index in [1.807, 2.05) is 0 Å². The molecular formula is C27H21F5N4O3. The van der Waals surface area contributed by atoms with Gasteiger partial charge in [0.1, 0.15) is 11.8 Å². The van der Waals surface area contributed by atoms with E-state index in [0.29, 0.717) is 22.0 Å². The fourth-order valence-corrected chi connectivity index (χ4v) is 4.24. The Kier molecular flexibility index (Phi) is 7.53. The number of benzene rings is 2. The van der Waals surface area contributed by atoms with Gasteiger partial charge >= 0.3 is 6.36 Å². The smallest absolute Gasteiger partial charge is 0.406 e. The van der Waals surface area contributed by atoms with E-state index in [9.17, 15) is 31.5 Å². The average molecular weight is 544 g/mol. The Balaban J connectivity index is 1.51. The van der Waals surface area contributed by atoms with Gasteiger partial charge in [0.05, 0.1) is 30.2 Å². The number of ether oxygens (including phenoxy) is 1. The van der Waals surface area contributed by atoms with Crippen molar-refractivity contribution in [3.63, 3.8) is 0 Å². The zero-order chi connectivity index (χ0) is 28.4. The number of allylic oxidation sites excluding steroid dienone is 1. The van der Waals surface area contributed by atoms with Crippen molar-refractivity contribution in [1.82, 2.24) is 15.2 Å². The highest BCUT2D eigenvalue weighted by Crippen LogP contribution is 2.32. The number of nitriles is 1. The molecular weight excluding hydrogens is 523 g/mol.